The van der Waals surface area contributed by atoms with Gasteiger partial charge >= 0.3 is 0 Å². The number of aromatic nitrogens is 2. The zero-order valence-electron chi connectivity index (χ0n) is 14.7. The molecule has 0 bridgehead atoms. The smallest absolute Gasteiger partial charge is 0.258 e. The molecule has 132 valence electrons. The average Bonchev–Trinajstić information content (AvgIpc) is 3.11. The van der Waals surface area contributed by atoms with Crippen LogP contribution in [0.15, 0.2) is 47.0 Å². The van der Waals surface area contributed by atoms with E-state index < -0.39 is 0 Å². The lowest BCUT2D eigenvalue weighted by Gasteiger charge is -2.27. The van der Waals surface area contributed by atoms with E-state index in [9.17, 15) is 5.11 Å². The second kappa shape index (κ2) is 5.91. The summed E-state index contributed by atoms with van der Waals surface area (Å²) in [4.78, 5) is 4.45. The molecule has 0 aliphatic carbocycles. The summed E-state index contributed by atoms with van der Waals surface area (Å²) in [5, 5.41) is 13.8. The summed E-state index contributed by atoms with van der Waals surface area (Å²) >= 11 is 0. The van der Waals surface area contributed by atoms with Gasteiger partial charge in [-0.3, -0.25) is 0 Å². The van der Waals surface area contributed by atoms with Crippen molar-refractivity contribution in [3.63, 3.8) is 0 Å². The van der Waals surface area contributed by atoms with Crippen molar-refractivity contribution in [2.24, 2.45) is 0 Å². The van der Waals surface area contributed by atoms with Gasteiger partial charge in [0.1, 0.15) is 11.4 Å². The zero-order valence-corrected chi connectivity index (χ0v) is 14.7. The van der Waals surface area contributed by atoms with Crippen molar-refractivity contribution >= 4 is 6.08 Å². The Bertz CT molecular complexity index is 1000. The van der Waals surface area contributed by atoms with Crippen molar-refractivity contribution in [2.75, 3.05) is 7.11 Å². The van der Waals surface area contributed by atoms with Crippen LogP contribution in [0.3, 0.4) is 0 Å². The normalized spacial score (nSPS) is 14.6. The van der Waals surface area contributed by atoms with E-state index in [0.717, 1.165) is 16.9 Å². The van der Waals surface area contributed by atoms with Crippen LogP contribution in [-0.4, -0.2) is 28.0 Å². The first-order valence-electron chi connectivity index (χ1n) is 8.19. The molecule has 0 unspecified atom stereocenters. The summed E-state index contributed by atoms with van der Waals surface area (Å²) in [6.45, 7) is 4.02. The maximum absolute atomic E-state index is 9.70. The van der Waals surface area contributed by atoms with E-state index >= 15 is 0 Å². The number of hydrogen-bond donors (Lipinski definition) is 1. The first-order chi connectivity index (χ1) is 12.4. The monoisotopic (exact) mass is 350 g/mol. The summed E-state index contributed by atoms with van der Waals surface area (Å²) < 4.78 is 16.4. The van der Waals surface area contributed by atoms with Crippen LogP contribution in [0.2, 0.25) is 0 Å². The first kappa shape index (κ1) is 16.2. The summed E-state index contributed by atoms with van der Waals surface area (Å²) in [5.74, 6) is 2.06. The van der Waals surface area contributed by atoms with Crippen molar-refractivity contribution in [1.29, 1.82) is 0 Å². The summed E-state index contributed by atoms with van der Waals surface area (Å²) in [6.07, 6.45) is 4.05. The standard InChI is InChI=1S/C20H18N2O4/c1-20(2)9-8-12-10-13(5-7-16(12)25-20)18-21-19(26-22-18)14-4-6-15(23)17(11-14)24-3/h4-11,23H,1-3H3. The molecule has 0 amide bonds. The second-order valence-corrected chi connectivity index (χ2v) is 6.60. The van der Waals surface area contributed by atoms with Gasteiger partial charge in [0.25, 0.3) is 5.89 Å². The molecule has 1 aliphatic rings. The van der Waals surface area contributed by atoms with Gasteiger partial charge in [-0.15, -0.1) is 0 Å². The zero-order chi connectivity index (χ0) is 18.3. The first-order valence-corrected chi connectivity index (χ1v) is 8.19. The number of ether oxygens (including phenoxy) is 2. The fourth-order valence-electron chi connectivity index (χ4n) is 2.79. The minimum atomic E-state index is -0.314. The minimum absolute atomic E-state index is 0.0559. The van der Waals surface area contributed by atoms with Gasteiger partial charge in [-0.25, -0.2) is 0 Å². The molecule has 1 N–H and O–H groups in total. The van der Waals surface area contributed by atoms with Crippen molar-refractivity contribution in [3.8, 4) is 40.1 Å². The molecule has 2 aromatic carbocycles. The third kappa shape index (κ3) is 2.90. The Hall–Kier alpha value is -3.28. The number of nitrogens with zero attached hydrogens (tertiary/aromatic N) is 2. The molecule has 0 fully saturated rings. The van der Waals surface area contributed by atoms with Gasteiger partial charge in [0, 0.05) is 16.7 Å². The molecule has 2 heterocycles. The highest BCUT2D eigenvalue weighted by Gasteiger charge is 2.22. The Morgan fingerprint density at radius 3 is 2.69 bits per heavy atom. The number of hydrogen-bond acceptors (Lipinski definition) is 6. The minimum Gasteiger partial charge on any atom is -0.504 e. The number of benzene rings is 2. The molecule has 1 aliphatic heterocycles. The molecule has 1 aromatic heterocycles. The lowest BCUT2D eigenvalue weighted by atomic mass is 10.0. The van der Waals surface area contributed by atoms with Gasteiger partial charge in [0.2, 0.25) is 5.82 Å². The van der Waals surface area contributed by atoms with Crippen LogP contribution in [0.5, 0.6) is 17.2 Å². The summed E-state index contributed by atoms with van der Waals surface area (Å²) in [6, 6.07) is 10.7. The van der Waals surface area contributed by atoms with Gasteiger partial charge in [-0.1, -0.05) is 11.2 Å². The molecule has 3 aromatic rings. The van der Waals surface area contributed by atoms with Crippen LogP contribution in [0.1, 0.15) is 19.4 Å². The van der Waals surface area contributed by atoms with E-state index in [2.05, 4.69) is 10.1 Å². The molecule has 26 heavy (non-hydrogen) atoms. The fourth-order valence-corrected chi connectivity index (χ4v) is 2.79. The van der Waals surface area contributed by atoms with Crippen LogP contribution >= 0.6 is 0 Å². The predicted molar refractivity (Wildman–Crippen MR) is 97.1 cm³/mol. The maximum atomic E-state index is 9.70. The molecule has 0 spiro atoms. The molecule has 0 saturated heterocycles. The van der Waals surface area contributed by atoms with E-state index in [1.807, 2.05) is 44.2 Å². The van der Waals surface area contributed by atoms with Crippen molar-refractivity contribution < 1.29 is 19.1 Å². The van der Waals surface area contributed by atoms with E-state index in [4.69, 9.17) is 14.0 Å². The van der Waals surface area contributed by atoms with Crippen LogP contribution in [-0.2, 0) is 0 Å². The summed E-state index contributed by atoms with van der Waals surface area (Å²) in [5.41, 5.74) is 2.16. The van der Waals surface area contributed by atoms with Gasteiger partial charge < -0.3 is 19.1 Å². The number of rotatable bonds is 3. The highest BCUT2D eigenvalue weighted by molar-refractivity contribution is 5.69. The summed E-state index contributed by atoms with van der Waals surface area (Å²) in [7, 11) is 1.49. The largest absolute Gasteiger partial charge is 0.504 e. The van der Waals surface area contributed by atoms with E-state index in [0.29, 0.717) is 23.0 Å². The van der Waals surface area contributed by atoms with Crippen molar-refractivity contribution in [2.45, 2.75) is 19.4 Å². The topological polar surface area (TPSA) is 77.6 Å². The van der Waals surface area contributed by atoms with E-state index in [1.165, 1.54) is 13.2 Å². The van der Waals surface area contributed by atoms with Crippen LogP contribution in [0.25, 0.3) is 28.9 Å². The van der Waals surface area contributed by atoms with Crippen molar-refractivity contribution in [1.82, 2.24) is 10.1 Å². The Morgan fingerprint density at radius 1 is 1.08 bits per heavy atom. The molecule has 0 atom stereocenters. The molecular weight excluding hydrogens is 332 g/mol. The van der Waals surface area contributed by atoms with Crippen LogP contribution in [0.4, 0.5) is 0 Å². The number of phenols is 1. The third-order valence-corrected chi connectivity index (χ3v) is 4.16. The van der Waals surface area contributed by atoms with Crippen molar-refractivity contribution in [3.05, 3.63) is 48.0 Å². The third-order valence-electron chi connectivity index (χ3n) is 4.16. The average molecular weight is 350 g/mol. The number of methoxy groups -OCH3 is 1. The Morgan fingerprint density at radius 2 is 1.88 bits per heavy atom. The van der Waals surface area contributed by atoms with Gasteiger partial charge in [-0.05, 0) is 56.3 Å². The van der Waals surface area contributed by atoms with Crippen LogP contribution < -0.4 is 9.47 Å². The van der Waals surface area contributed by atoms with E-state index in [1.54, 1.807) is 12.1 Å². The number of aromatic hydroxyl groups is 1. The molecule has 6 nitrogen and oxygen atoms in total. The molecular formula is C20H18N2O4. The number of fused-ring (bicyclic) bond motifs is 1. The molecule has 0 radical (unpaired) electrons. The van der Waals surface area contributed by atoms with Gasteiger partial charge in [-0.2, -0.15) is 4.98 Å². The SMILES string of the molecule is COc1cc(-c2nc(-c3ccc4c(c3)C=CC(C)(C)O4)no2)ccc1O. The lowest BCUT2D eigenvalue weighted by Crippen LogP contribution is -2.27. The van der Waals surface area contributed by atoms with Crippen LogP contribution in [0, 0.1) is 0 Å². The van der Waals surface area contributed by atoms with E-state index in [-0.39, 0.29) is 11.4 Å². The lowest BCUT2D eigenvalue weighted by molar-refractivity contribution is 0.159. The number of phenolic OH excluding ortho intramolecular Hbond substituents is 1. The molecule has 0 saturated carbocycles. The second-order valence-electron chi connectivity index (χ2n) is 6.60. The predicted octanol–water partition coefficient (Wildman–Crippen LogP) is 4.30. The molecule has 4 rings (SSSR count). The Kier molecular flexibility index (Phi) is 3.68. The highest BCUT2D eigenvalue weighted by atomic mass is 16.5. The fraction of sp³-hybridized carbons (Fsp3) is 0.200. The quantitative estimate of drug-likeness (QED) is 0.759. The highest BCUT2D eigenvalue weighted by Crippen LogP contribution is 2.35. The Labute approximate surface area is 150 Å². The Balaban J connectivity index is 1.67. The van der Waals surface area contributed by atoms with Gasteiger partial charge in [0.05, 0.1) is 7.11 Å². The molecule has 6 heteroatoms. The van der Waals surface area contributed by atoms with Gasteiger partial charge in [0.15, 0.2) is 11.5 Å². The maximum Gasteiger partial charge on any atom is 0.258 e.